The van der Waals surface area contributed by atoms with Gasteiger partial charge in [0.2, 0.25) is 0 Å². The van der Waals surface area contributed by atoms with Gasteiger partial charge in [-0.15, -0.1) is 0 Å². The molecule has 32 heavy (non-hydrogen) atoms. The van der Waals surface area contributed by atoms with Crippen LogP contribution in [0.3, 0.4) is 0 Å². The van der Waals surface area contributed by atoms with Crippen molar-refractivity contribution < 1.29 is 23.5 Å². The quantitative estimate of drug-likeness (QED) is 0.324. The number of amides is 2. The van der Waals surface area contributed by atoms with Gasteiger partial charge in [0, 0.05) is 5.69 Å². The molecule has 7 nitrogen and oxygen atoms in total. The van der Waals surface area contributed by atoms with Crippen LogP contribution in [0.2, 0.25) is 15.1 Å². The lowest BCUT2D eigenvalue weighted by molar-refractivity contribution is -0.123. The Balaban J connectivity index is 1.67. The van der Waals surface area contributed by atoms with Gasteiger partial charge in [0.1, 0.15) is 0 Å². The molecule has 0 aliphatic rings. The molecule has 0 spiro atoms. The topological polar surface area (TPSA) is 97.6 Å². The standard InChI is InChI=1S/C22H17Cl3N2O5/c1-11-5-6-13(8-17(11)26-21(29)19-4-3-7-31-19)22(30)32-12(2)20(28)27-18-10-15(24)14(23)9-16(18)25/h3-10,12H,1-2H3,(H,26,29)(H,27,28). The normalized spacial score (nSPS) is 11.5. The number of halogens is 3. The van der Waals surface area contributed by atoms with Gasteiger partial charge in [-0.2, -0.15) is 0 Å². The molecule has 2 N–H and O–H groups in total. The van der Waals surface area contributed by atoms with Crippen LogP contribution in [-0.2, 0) is 9.53 Å². The number of furan rings is 1. The lowest BCUT2D eigenvalue weighted by atomic mass is 10.1. The first-order valence-corrected chi connectivity index (χ1v) is 10.4. The second-order valence-corrected chi connectivity index (χ2v) is 7.97. The molecule has 0 saturated carbocycles. The number of carbonyl (C=O) groups is 3. The molecule has 0 radical (unpaired) electrons. The maximum absolute atomic E-state index is 12.6. The van der Waals surface area contributed by atoms with Gasteiger partial charge in [-0.1, -0.05) is 40.9 Å². The summed E-state index contributed by atoms with van der Waals surface area (Å²) in [4.78, 5) is 37.2. The zero-order chi connectivity index (χ0) is 23.4. The molecule has 3 aromatic rings. The minimum atomic E-state index is -1.14. The lowest BCUT2D eigenvalue weighted by Crippen LogP contribution is -2.30. The molecule has 1 heterocycles. The summed E-state index contributed by atoms with van der Waals surface area (Å²) in [5.41, 5.74) is 1.51. The number of aryl methyl sites for hydroxylation is 1. The number of ether oxygens (including phenoxy) is 1. The van der Waals surface area contributed by atoms with Crippen LogP contribution in [0, 0.1) is 6.92 Å². The zero-order valence-electron chi connectivity index (χ0n) is 16.9. The molecule has 0 aliphatic carbocycles. The van der Waals surface area contributed by atoms with Crippen LogP contribution >= 0.6 is 34.8 Å². The number of nitrogens with one attached hydrogen (secondary N) is 2. The van der Waals surface area contributed by atoms with E-state index >= 15 is 0 Å². The summed E-state index contributed by atoms with van der Waals surface area (Å²) < 4.78 is 10.3. The number of hydrogen-bond acceptors (Lipinski definition) is 5. The Hall–Kier alpha value is -3.00. The van der Waals surface area contributed by atoms with E-state index in [1.54, 1.807) is 19.1 Å². The van der Waals surface area contributed by atoms with Crippen molar-refractivity contribution in [3.8, 4) is 0 Å². The predicted molar refractivity (Wildman–Crippen MR) is 123 cm³/mol. The molecule has 1 atom stereocenters. The second kappa shape index (κ2) is 10.1. The molecular formula is C22H17Cl3N2O5. The first-order chi connectivity index (χ1) is 15.2. The van der Waals surface area contributed by atoms with Gasteiger partial charge >= 0.3 is 5.97 Å². The Bertz CT molecular complexity index is 1180. The highest BCUT2D eigenvalue weighted by molar-refractivity contribution is 6.44. The molecule has 1 unspecified atom stereocenters. The number of carbonyl (C=O) groups excluding carboxylic acids is 3. The summed E-state index contributed by atoms with van der Waals surface area (Å²) in [5, 5.41) is 5.84. The van der Waals surface area contributed by atoms with Gasteiger partial charge in [0.25, 0.3) is 11.8 Å². The van der Waals surface area contributed by atoms with Crippen molar-refractivity contribution in [2.45, 2.75) is 20.0 Å². The monoisotopic (exact) mass is 494 g/mol. The number of esters is 1. The van der Waals surface area contributed by atoms with Crippen molar-refractivity contribution in [3.05, 3.63) is 80.7 Å². The molecule has 2 amide bonds. The maximum atomic E-state index is 12.6. The molecule has 0 aliphatic heterocycles. The van der Waals surface area contributed by atoms with E-state index in [9.17, 15) is 14.4 Å². The van der Waals surface area contributed by atoms with Gasteiger partial charge in [0.15, 0.2) is 11.9 Å². The molecule has 0 bridgehead atoms. The third kappa shape index (κ3) is 5.62. The van der Waals surface area contributed by atoms with E-state index in [1.165, 1.54) is 43.5 Å². The smallest absolute Gasteiger partial charge is 0.338 e. The average Bonchev–Trinajstić information content (AvgIpc) is 3.28. The highest BCUT2D eigenvalue weighted by atomic mass is 35.5. The molecule has 166 valence electrons. The molecule has 3 rings (SSSR count). The third-order valence-corrected chi connectivity index (χ3v) is 5.42. The molecule has 0 saturated heterocycles. The first kappa shape index (κ1) is 23.7. The van der Waals surface area contributed by atoms with Crippen LogP contribution in [0.25, 0.3) is 0 Å². The molecule has 10 heteroatoms. The lowest BCUT2D eigenvalue weighted by Gasteiger charge is -2.15. The number of anilines is 2. The third-order valence-electron chi connectivity index (χ3n) is 4.39. The average molecular weight is 496 g/mol. The Morgan fingerprint density at radius 1 is 0.938 bits per heavy atom. The summed E-state index contributed by atoms with van der Waals surface area (Å²) in [7, 11) is 0. The number of rotatable bonds is 6. The van der Waals surface area contributed by atoms with Crippen LogP contribution in [-0.4, -0.2) is 23.9 Å². The zero-order valence-corrected chi connectivity index (χ0v) is 19.1. The molecule has 0 fully saturated rings. The highest BCUT2D eigenvalue weighted by Gasteiger charge is 2.21. The van der Waals surface area contributed by atoms with Gasteiger partial charge in [-0.3, -0.25) is 9.59 Å². The number of benzene rings is 2. The van der Waals surface area contributed by atoms with Crippen LogP contribution in [0.4, 0.5) is 11.4 Å². The van der Waals surface area contributed by atoms with Crippen LogP contribution in [0.1, 0.15) is 33.4 Å². The minimum Gasteiger partial charge on any atom is -0.459 e. The Morgan fingerprint density at radius 2 is 1.66 bits per heavy atom. The molecule has 2 aromatic carbocycles. The van der Waals surface area contributed by atoms with Crippen molar-refractivity contribution in [1.29, 1.82) is 0 Å². The van der Waals surface area contributed by atoms with E-state index in [-0.39, 0.29) is 32.1 Å². The summed E-state index contributed by atoms with van der Waals surface area (Å²) in [6.45, 7) is 3.18. The summed E-state index contributed by atoms with van der Waals surface area (Å²) >= 11 is 17.9. The van der Waals surface area contributed by atoms with Crippen LogP contribution in [0.5, 0.6) is 0 Å². The fourth-order valence-corrected chi connectivity index (χ4v) is 3.20. The van der Waals surface area contributed by atoms with Crippen molar-refractivity contribution in [3.63, 3.8) is 0 Å². The van der Waals surface area contributed by atoms with E-state index in [0.29, 0.717) is 5.69 Å². The van der Waals surface area contributed by atoms with Crippen molar-refractivity contribution in [2.75, 3.05) is 10.6 Å². The molecular weight excluding hydrogens is 479 g/mol. The van der Waals surface area contributed by atoms with Crippen molar-refractivity contribution in [2.24, 2.45) is 0 Å². The fraction of sp³-hybridized carbons (Fsp3) is 0.136. The van der Waals surface area contributed by atoms with E-state index in [4.69, 9.17) is 44.0 Å². The van der Waals surface area contributed by atoms with Crippen LogP contribution in [0.15, 0.2) is 53.1 Å². The summed E-state index contributed by atoms with van der Waals surface area (Å²) in [6.07, 6.45) is 0.239. The van der Waals surface area contributed by atoms with E-state index in [1.807, 2.05) is 0 Å². The fourth-order valence-electron chi connectivity index (χ4n) is 2.61. The van der Waals surface area contributed by atoms with Gasteiger partial charge in [-0.25, -0.2) is 4.79 Å². The highest BCUT2D eigenvalue weighted by Crippen LogP contribution is 2.32. The van der Waals surface area contributed by atoms with E-state index < -0.39 is 23.9 Å². The number of hydrogen-bond donors (Lipinski definition) is 2. The maximum Gasteiger partial charge on any atom is 0.338 e. The second-order valence-electron chi connectivity index (χ2n) is 6.74. The first-order valence-electron chi connectivity index (χ1n) is 9.27. The Labute approximate surface area is 198 Å². The van der Waals surface area contributed by atoms with Gasteiger partial charge in [-0.05, 0) is 55.8 Å². The Kier molecular flexibility index (Phi) is 7.45. The SMILES string of the molecule is Cc1ccc(C(=O)OC(C)C(=O)Nc2cc(Cl)c(Cl)cc2Cl)cc1NC(=O)c1ccco1. The Morgan fingerprint density at radius 3 is 2.34 bits per heavy atom. The van der Waals surface area contributed by atoms with Gasteiger partial charge < -0.3 is 19.8 Å². The van der Waals surface area contributed by atoms with Gasteiger partial charge in [0.05, 0.1) is 32.6 Å². The largest absolute Gasteiger partial charge is 0.459 e. The predicted octanol–water partition coefficient (Wildman–Crippen LogP) is 5.98. The molecule has 1 aromatic heterocycles. The summed E-state index contributed by atoms with van der Waals surface area (Å²) in [6, 6.07) is 10.5. The van der Waals surface area contributed by atoms with E-state index in [2.05, 4.69) is 10.6 Å². The summed E-state index contributed by atoms with van der Waals surface area (Å²) in [5.74, 6) is -1.70. The van der Waals surface area contributed by atoms with Crippen molar-refractivity contribution >= 4 is 64.0 Å². The van der Waals surface area contributed by atoms with Crippen molar-refractivity contribution in [1.82, 2.24) is 0 Å². The van der Waals surface area contributed by atoms with Crippen LogP contribution < -0.4 is 10.6 Å². The minimum absolute atomic E-state index is 0.128. The van der Waals surface area contributed by atoms with E-state index in [0.717, 1.165) is 5.56 Å².